The third-order valence-corrected chi connectivity index (χ3v) is 6.05. The van der Waals surface area contributed by atoms with Crippen molar-refractivity contribution in [1.29, 1.82) is 0 Å². The van der Waals surface area contributed by atoms with Crippen LogP contribution in [0.3, 0.4) is 0 Å². The molecule has 1 aromatic rings. The molecule has 2 rings (SSSR count). The molecular weight excluding hydrogens is 318 g/mol. The fourth-order valence-corrected chi connectivity index (χ4v) is 4.20. The van der Waals surface area contributed by atoms with Crippen molar-refractivity contribution in [3.63, 3.8) is 0 Å². The van der Waals surface area contributed by atoms with Gasteiger partial charge in [0.15, 0.2) is 0 Å². The molecule has 0 radical (unpaired) electrons. The van der Waals surface area contributed by atoms with Crippen LogP contribution in [0.5, 0.6) is 0 Å². The van der Waals surface area contributed by atoms with Crippen molar-refractivity contribution in [2.45, 2.75) is 24.7 Å². The highest BCUT2D eigenvalue weighted by Gasteiger charge is 2.27. The first-order valence-electron chi connectivity index (χ1n) is 7.91. The van der Waals surface area contributed by atoms with Crippen molar-refractivity contribution in [1.82, 2.24) is 4.31 Å². The number of rotatable bonds is 6. The van der Waals surface area contributed by atoms with E-state index in [4.69, 9.17) is 6.42 Å². The zero-order valence-corrected chi connectivity index (χ0v) is 14.8. The van der Waals surface area contributed by atoms with Crippen molar-refractivity contribution in [2.24, 2.45) is 5.92 Å². The molecule has 4 heteroatoms. The quantitative estimate of drug-likeness (QED) is 0.740. The van der Waals surface area contributed by atoms with E-state index in [0.29, 0.717) is 6.54 Å². The molecule has 0 heterocycles. The van der Waals surface area contributed by atoms with Gasteiger partial charge in [-0.05, 0) is 49.0 Å². The first-order valence-corrected chi connectivity index (χ1v) is 9.35. The summed E-state index contributed by atoms with van der Waals surface area (Å²) in [5, 5.41) is 0. The SMILES string of the molecule is C#CCN(CC1C=C(C=C)C(=C)CC1)S(=O)(=O)c1ccc(C)cc1. The van der Waals surface area contributed by atoms with E-state index in [1.54, 1.807) is 30.3 Å². The van der Waals surface area contributed by atoms with Gasteiger partial charge in [-0.25, -0.2) is 8.42 Å². The highest BCUT2D eigenvalue weighted by molar-refractivity contribution is 7.89. The largest absolute Gasteiger partial charge is 0.243 e. The Morgan fingerprint density at radius 2 is 2.04 bits per heavy atom. The van der Waals surface area contributed by atoms with Gasteiger partial charge in [0, 0.05) is 6.54 Å². The van der Waals surface area contributed by atoms with Crippen LogP contribution in [0.15, 0.2) is 65.6 Å². The Morgan fingerprint density at radius 3 is 2.62 bits per heavy atom. The number of hydrogen-bond acceptors (Lipinski definition) is 2. The minimum atomic E-state index is -3.60. The molecular formula is C20H23NO2S. The number of hydrogen-bond donors (Lipinski definition) is 0. The number of benzene rings is 1. The van der Waals surface area contributed by atoms with Crippen molar-refractivity contribution < 1.29 is 8.42 Å². The molecule has 1 aliphatic carbocycles. The highest BCUT2D eigenvalue weighted by atomic mass is 32.2. The molecule has 3 nitrogen and oxygen atoms in total. The minimum Gasteiger partial charge on any atom is -0.207 e. The van der Waals surface area contributed by atoms with Crippen LogP contribution in [0, 0.1) is 25.2 Å². The van der Waals surface area contributed by atoms with Gasteiger partial charge in [0.25, 0.3) is 0 Å². The Hall–Kier alpha value is -2.09. The summed E-state index contributed by atoms with van der Waals surface area (Å²) in [6.45, 7) is 10.2. The Bertz CT molecular complexity index is 795. The Kier molecular flexibility index (Phi) is 5.82. The summed E-state index contributed by atoms with van der Waals surface area (Å²) in [4.78, 5) is 0.275. The lowest BCUT2D eigenvalue weighted by Gasteiger charge is -2.27. The van der Waals surface area contributed by atoms with E-state index >= 15 is 0 Å². The van der Waals surface area contributed by atoms with Gasteiger partial charge in [0.2, 0.25) is 10.0 Å². The molecule has 0 N–H and O–H groups in total. The second-order valence-corrected chi connectivity index (χ2v) is 7.98. The molecule has 0 fully saturated rings. The van der Waals surface area contributed by atoms with Crippen LogP contribution in [-0.4, -0.2) is 25.8 Å². The molecule has 0 saturated carbocycles. The molecule has 0 aliphatic heterocycles. The fraction of sp³-hybridized carbons (Fsp3) is 0.300. The third-order valence-electron chi connectivity index (χ3n) is 4.22. The topological polar surface area (TPSA) is 37.4 Å². The van der Waals surface area contributed by atoms with Crippen LogP contribution >= 0.6 is 0 Å². The highest BCUT2D eigenvalue weighted by Crippen LogP contribution is 2.29. The van der Waals surface area contributed by atoms with E-state index < -0.39 is 10.0 Å². The predicted molar refractivity (Wildman–Crippen MR) is 98.9 cm³/mol. The van der Waals surface area contributed by atoms with Crippen molar-refractivity contribution in [3.8, 4) is 12.3 Å². The predicted octanol–water partition coefficient (Wildman–Crippen LogP) is 3.70. The lowest BCUT2D eigenvalue weighted by atomic mass is 9.87. The van der Waals surface area contributed by atoms with Gasteiger partial charge >= 0.3 is 0 Å². The minimum absolute atomic E-state index is 0.0604. The maximum Gasteiger partial charge on any atom is 0.243 e. The molecule has 1 aliphatic rings. The van der Waals surface area contributed by atoms with Gasteiger partial charge in [0.1, 0.15) is 0 Å². The number of aryl methyl sites for hydroxylation is 1. The second-order valence-electron chi connectivity index (χ2n) is 6.04. The fourth-order valence-electron chi connectivity index (χ4n) is 2.79. The van der Waals surface area contributed by atoms with Gasteiger partial charge in [-0.1, -0.05) is 48.9 Å². The maximum atomic E-state index is 12.9. The summed E-state index contributed by atoms with van der Waals surface area (Å²) in [6, 6.07) is 6.84. The molecule has 0 saturated heterocycles. The standard InChI is InChI=1S/C20H23NO2S/c1-5-13-21(15-18-10-9-17(4)19(6-2)14-18)24(22,23)20-11-7-16(3)8-12-20/h1,6-8,11-12,14,18H,2,4,9-10,13,15H2,3H3. The van der Waals surface area contributed by atoms with Crippen LogP contribution in [0.4, 0.5) is 0 Å². The Morgan fingerprint density at radius 1 is 1.38 bits per heavy atom. The van der Waals surface area contributed by atoms with E-state index in [1.165, 1.54) is 4.31 Å². The number of nitrogens with zero attached hydrogens (tertiary/aromatic N) is 1. The molecule has 126 valence electrons. The zero-order chi connectivity index (χ0) is 17.7. The van der Waals surface area contributed by atoms with Gasteiger partial charge in [-0.15, -0.1) is 6.42 Å². The first-order chi connectivity index (χ1) is 11.4. The monoisotopic (exact) mass is 341 g/mol. The van der Waals surface area contributed by atoms with E-state index in [0.717, 1.165) is 29.6 Å². The van der Waals surface area contributed by atoms with E-state index in [2.05, 4.69) is 19.1 Å². The average Bonchev–Trinajstić information content (AvgIpc) is 2.56. The summed E-state index contributed by atoms with van der Waals surface area (Å²) < 4.78 is 27.2. The van der Waals surface area contributed by atoms with Crippen molar-refractivity contribution >= 4 is 10.0 Å². The lowest BCUT2D eigenvalue weighted by molar-refractivity contribution is 0.386. The molecule has 1 unspecified atom stereocenters. The molecule has 0 amide bonds. The molecule has 0 spiro atoms. The molecule has 1 atom stereocenters. The summed E-state index contributed by atoms with van der Waals surface area (Å²) >= 11 is 0. The van der Waals surface area contributed by atoms with Crippen LogP contribution in [-0.2, 0) is 10.0 Å². The second kappa shape index (κ2) is 7.65. The summed E-state index contributed by atoms with van der Waals surface area (Å²) in [7, 11) is -3.60. The van der Waals surface area contributed by atoms with Gasteiger partial charge in [-0.2, -0.15) is 4.31 Å². The summed E-state index contributed by atoms with van der Waals surface area (Å²) in [5.41, 5.74) is 3.06. The summed E-state index contributed by atoms with van der Waals surface area (Å²) in [6.07, 6.45) is 10.9. The van der Waals surface area contributed by atoms with Gasteiger partial charge < -0.3 is 0 Å². The van der Waals surface area contributed by atoms with Crippen LogP contribution in [0.1, 0.15) is 18.4 Å². The smallest absolute Gasteiger partial charge is 0.207 e. The van der Waals surface area contributed by atoms with Crippen molar-refractivity contribution in [3.05, 3.63) is 66.3 Å². The molecule has 1 aromatic carbocycles. The van der Waals surface area contributed by atoms with Crippen molar-refractivity contribution in [2.75, 3.05) is 13.1 Å². The number of sulfonamides is 1. The van der Waals surface area contributed by atoms with Gasteiger partial charge in [-0.3, -0.25) is 0 Å². The summed E-state index contributed by atoms with van der Waals surface area (Å²) in [5.74, 6) is 2.58. The Labute approximate surface area is 145 Å². The maximum absolute atomic E-state index is 12.9. The molecule has 0 bridgehead atoms. The van der Waals surface area contributed by atoms with Crippen LogP contribution < -0.4 is 0 Å². The van der Waals surface area contributed by atoms with E-state index in [9.17, 15) is 8.42 Å². The average molecular weight is 341 g/mol. The molecule has 0 aromatic heterocycles. The Balaban J connectivity index is 2.28. The van der Waals surface area contributed by atoms with Gasteiger partial charge in [0.05, 0.1) is 11.4 Å². The normalized spacial score (nSPS) is 18.1. The van der Waals surface area contributed by atoms with E-state index in [-0.39, 0.29) is 17.4 Å². The van der Waals surface area contributed by atoms with Crippen LogP contribution in [0.2, 0.25) is 0 Å². The molecule has 24 heavy (non-hydrogen) atoms. The zero-order valence-electron chi connectivity index (χ0n) is 14.0. The first kappa shape index (κ1) is 18.3. The number of terminal acetylenes is 1. The third kappa shape index (κ3) is 4.05. The van der Waals surface area contributed by atoms with Crippen LogP contribution in [0.25, 0.3) is 0 Å². The lowest BCUT2D eigenvalue weighted by Crippen LogP contribution is -2.36. The van der Waals surface area contributed by atoms with E-state index in [1.807, 2.05) is 13.0 Å². The number of allylic oxidation sites excluding steroid dienone is 3.